The summed E-state index contributed by atoms with van der Waals surface area (Å²) < 4.78 is 3.51. The number of aromatic nitrogens is 1. The lowest BCUT2D eigenvalue weighted by atomic mass is 9.83. The first-order chi connectivity index (χ1) is 16.9. The van der Waals surface area contributed by atoms with Crippen LogP contribution in [-0.2, 0) is 6.42 Å². The molecule has 0 unspecified atom stereocenters. The minimum Gasteiger partial charge on any atom is -0.506 e. The van der Waals surface area contributed by atoms with Crippen LogP contribution >= 0.6 is 54.8 Å². The molecule has 0 fully saturated rings. The van der Waals surface area contributed by atoms with Crippen molar-refractivity contribution in [1.29, 1.82) is 0 Å². The topological polar surface area (TPSA) is 54.6 Å². The fourth-order valence-electron chi connectivity index (χ4n) is 4.79. The Morgan fingerprint density at radius 1 is 1.06 bits per heavy atom. The lowest BCUT2D eigenvalue weighted by Crippen LogP contribution is -2.38. The van der Waals surface area contributed by atoms with Crippen LogP contribution in [0.15, 0.2) is 85.0 Å². The van der Waals surface area contributed by atoms with E-state index in [-0.39, 0.29) is 17.4 Å². The van der Waals surface area contributed by atoms with Gasteiger partial charge in [0.15, 0.2) is 4.80 Å². The van der Waals surface area contributed by atoms with Crippen LogP contribution in [0.5, 0.6) is 5.75 Å². The summed E-state index contributed by atoms with van der Waals surface area (Å²) in [5.41, 5.74) is 6.26. The number of phenols is 1. The Hall–Kier alpha value is -2.45. The summed E-state index contributed by atoms with van der Waals surface area (Å²) in [5.74, 6) is 0.123. The maximum Gasteiger partial charge on any atom is 0.271 e. The fourth-order valence-corrected chi connectivity index (χ4v) is 7.14. The molecule has 2 heterocycles. The van der Waals surface area contributed by atoms with E-state index in [1.165, 1.54) is 16.9 Å². The number of nitrogens with zero attached hydrogens (tertiary/aromatic N) is 2. The number of aromatic hydroxyl groups is 1. The molecule has 0 saturated carbocycles. The third-order valence-electron chi connectivity index (χ3n) is 6.40. The van der Waals surface area contributed by atoms with Gasteiger partial charge >= 0.3 is 0 Å². The van der Waals surface area contributed by atoms with Gasteiger partial charge in [0.1, 0.15) is 5.75 Å². The molecular formula is C27H17Br2ClN2O2S. The van der Waals surface area contributed by atoms with Crippen LogP contribution in [0.2, 0.25) is 5.02 Å². The van der Waals surface area contributed by atoms with Gasteiger partial charge in [0, 0.05) is 10.6 Å². The molecule has 1 N–H and O–H groups in total. The van der Waals surface area contributed by atoms with Crippen molar-refractivity contribution in [1.82, 2.24) is 4.57 Å². The number of phenolic OH excluding ortho intramolecular Hbond substituents is 1. The number of thiazole rings is 1. The van der Waals surface area contributed by atoms with Crippen molar-refractivity contribution < 1.29 is 5.11 Å². The van der Waals surface area contributed by atoms with Gasteiger partial charge in [-0.25, -0.2) is 4.99 Å². The molecule has 1 aliphatic carbocycles. The van der Waals surface area contributed by atoms with Crippen molar-refractivity contribution in [2.75, 3.05) is 0 Å². The van der Waals surface area contributed by atoms with Crippen molar-refractivity contribution in [3.8, 4) is 5.75 Å². The van der Waals surface area contributed by atoms with Gasteiger partial charge in [-0.2, -0.15) is 0 Å². The normalized spacial score (nSPS) is 17.0. The molecule has 2 aliphatic rings. The van der Waals surface area contributed by atoms with Crippen LogP contribution < -0.4 is 14.9 Å². The predicted octanol–water partition coefficient (Wildman–Crippen LogP) is 6.20. The van der Waals surface area contributed by atoms with Crippen molar-refractivity contribution >= 4 is 66.6 Å². The number of halogens is 3. The van der Waals surface area contributed by atoms with Crippen LogP contribution in [-0.4, -0.2) is 9.67 Å². The van der Waals surface area contributed by atoms with Crippen LogP contribution in [0.3, 0.4) is 0 Å². The molecule has 1 aliphatic heterocycles. The van der Waals surface area contributed by atoms with Gasteiger partial charge in [0.25, 0.3) is 5.56 Å². The van der Waals surface area contributed by atoms with Crippen molar-refractivity contribution in [2.24, 2.45) is 4.99 Å². The van der Waals surface area contributed by atoms with E-state index in [4.69, 9.17) is 16.6 Å². The number of hydrogen-bond donors (Lipinski definition) is 1. The van der Waals surface area contributed by atoms with Crippen LogP contribution in [0.4, 0.5) is 0 Å². The Bertz CT molecular complexity index is 1700. The Morgan fingerprint density at radius 3 is 2.51 bits per heavy atom. The van der Waals surface area contributed by atoms with Crippen molar-refractivity contribution in [3.05, 3.63) is 122 Å². The maximum atomic E-state index is 13.8. The van der Waals surface area contributed by atoms with Gasteiger partial charge in [-0.1, -0.05) is 59.3 Å². The molecule has 0 spiro atoms. The summed E-state index contributed by atoms with van der Waals surface area (Å²) >= 11 is 14.3. The van der Waals surface area contributed by atoms with Crippen LogP contribution in [0.25, 0.3) is 11.8 Å². The quantitative estimate of drug-likeness (QED) is 0.288. The molecule has 35 heavy (non-hydrogen) atoms. The lowest BCUT2D eigenvalue weighted by molar-refractivity contribution is 0.468. The molecule has 0 bridgehead atoms. The Balaban J connectivity index is 1.62. The zero-order chi connectivity index (χ0) is 24.3. The van der Waals surface area contributed by atoms with E-state index < -0.39 is 0 Å². The molecule has 4 aromatic rings. The molecule has 1 aromatic heterocycles. The number of hydrogen-bond acceptors (Lipinski definition) is 4. The SMILES string of the molecule is O=c1/c(=C\c2cc(Br)c(O)c(Br)c2)sc2n1[C@H](c1ccc(Cl)cc1)C1=C(N=2)c2ccccc2CC1. The van der Waals surface area contributed by atoms with E-state index in [1.54, 1.807) is 12.1 Å². The summed E-state index contributed by atoms with van der Waals surface area (Å²) in [6.45, 7) is 0. The third-order valence-corrected chi connectivity index (χ3v) is 8.84. The van der Waals surface area contributed by atoms with Gasteiger partial charge < -0.3 is 5.11 Å². The van der Waals surface area contributed by atoms with Crippen molar-refractivity contribution in [3.63, 3.8) is 0 Å². The number of fused-ring (bicyclic) bond motifs is 3. The number of allylic oxidation sites excluding steroid dienone is 1. The highest BCUT2D eigenvalue weighted by atomic mass is 79.9. The van der Waals surface area contributed by atoms with Crippen LogP contribution in [0, 0.1) is 0 Å². The lowest BCUT2D eigenvalue weighted by Gasteiger charge is -2.30. The predicted molar refractivity (Wildman–Crippen MR) is 148 cm³/mol. The first-order valence-corrected chi connectivity index (χ1v) is 13.8. The average Bonchev–Trinajstić information content (AvgIpc) is 3.16. The molecule has 8 heteroatoms. The molecule has 3 aromatic carbocycles. The standard InChI is InChI=1S/C27H17Br2ClN2O2S/c28-20-11-14(12-21(29)25(20)33)13-22-26(34)32-24(16-5-8-17(30)9-6-16)19-10-7-15-3-1-2-4-18(15)23(19)31-27(32)35-22/h1-6,8-9,11-13,24,33H,7,10H2/b22-13+/t24-/m1/s1. The van der Waals surface area contributed by atoms with E-state index in [2.05, 4.69) is 50.1 Å². The van der Waals surface area contributed by atoms with Gasteiger partial charge in [-0.05, 0) is 97.3 Å². The molecule has 0 amide bonds. The fraction of sp³-hybridized carbons (Fsp3) is 0.111. The van der Waals surface area contributed by atoms with E-state index in [0.29, 0.717) is 23.3 Å². The molecule has 174 valence electrons. The Labute approximate surface area is 226 Å². The second-order valence-electron chi connectivity index (χ2n) is 8.50. The molecule has 0 saturated heterocycles. The van der Waals surface area contributed by atoms with Gasteiger partial charge in [-0.15, -0.1) is 0 Å². The number of benzene rings is 3. The second-order valence-corrected chi connectivity index (χ2v) is 11.7. The van der Waals surface area contributed by atoms with Gasteiger partial charge in [-0.3, -0.25) is 9.36 Å². The Morgan fingerprint density at radius 2 is 1.77 bits per heavy atom. The summed E-state index contributed by atoms with van der Waals surface area (Å²) in [6.07, 6.45) is 3.59. The van der Waals surface area contributed by atoms with Crippen LogP contribution in [0.1, 0.15) is 34.7 Å². The largest absolute Gasteiger partial charge is 0.506 e. The van der Waals surface area contributed by atoms with E-state index in [9.17, 15) is 9.90 Å². The maximum absolute atomic E-state index is 13.8. The third kappa shape index (κ3) is 3.95. The smallest absolute Gasteiger partial charge is 0.271 e. The monoisotopic (exact) mass is 626 g/mol. The summed E-state index contributed by atoms with van der Waals surface area (Å²) in [5, 5.41) is 10.7. The molecular weight excluding hydrogens is 612 g/mol. The minimum atomic E-state index is -0.243. The highest BCUT2D eigenvalue weighted by Crippen LogP contribution is 2.41. The zero-order valence-corrected chi connectivity index (χ0v) is 22.9. The van der Waals surface area contributed by atoms with Crippen molar-refractivity contribution in [2.45, 2.75) is 18.9 Å². The second kappa shape index (κ2) is 8.89. The van der Waals surface area contributed by atoms with Gasteiger partial charge in [0.05, 0.1) is 25.2 Å². The van der Waals surface area contributed by atoms with E-state index in [0.717, 1.165) is 40.8 Å². The molecule has 4 nitrogen and oxygen atoms in total. The van der Waals surface area contributed by atoms with E-state index in [1.807, 2.05) is 41.0 Å². The summed E-state index contributed by atoms with van der Waals surface area (Å²) in [7, 11) is 0. The number of aryl methyl sites for hydroxylation is 1. The molecule has 6 rings (SSSR count). The summed E-state index contributed by atoms with van der Waals surface area (Å²) in [6, 6.07) is 19.4. The Kier molecular flexibility index (Phi) is 5.84. The zero-order valence-electron chi connectivity index (χ0n) is 18.1. The van der Waals surface area contributed by atoms with E-state index >= 15 is 0 Å². The summed E-state index contributed by atoms with van der Waals surface area (Å²) in [4.78, 5) is 19.5. The highest BCUT2D eigenvalue weighted by Gasteiger charge is 2.32. The highest BCUT2D eigenvalue weighted by molar-refractivity contribution is 9.11. The molecule has 1 atom stereocenters. The first-order valence-electron chi connectivity index (χ1n) is 11.0. The van der Waals surface area contributed by atoms with Gasteiger partial charge in [0.2, 0.25) is 0 Å². The number of rotatable bonds is 2. The molecule has 0 radical (unpaired) electrons. The average molecular weight is 629 g/mol. The minimum absolute atomic E-state index is 0.0839. The first kappa shape index (κ1) is 23.0.